The van der Waals surface area contributed by atoms with E-state index in [-0.39, 0.29) is 0 Å². The Hall–Kier alpha value is -1.00. The van der Waals surface area contributed by atoms with Crippen LogP contribution in [-0.4, -0.2) is 0 Å². The van der Waals surface area contributed by atoms with Gasteiger partial charge < -0.3 is 11.1 Å². The minimum Gasteiger partial charge on any atom is -0.399 e. The van der Waals surface area contributed by atoms with Crippen LogP contribution in [0, 0.1) is 6.92 Å². The van der Waals surface area contributed by atoms with Crippen molar-refractivity contribution in [3.8, 4) is 0 Å². The predicted molar refractivity (Wildman–Crippen MR) is 74.9 cm³/mol. The largest absolute Gasteiger partial charge is 0.399 e. The summed E-state index contributed by atoms with van der Waals surface area (Å²) in [5.74, 6) is 0. The molecule has 0 bridgehead atoms. The zero-order valence-corrected chi connectivity index (χ0v) is 11.4. The lowest BCUT2D eigenvalue weighted by molar-refractivity contribution is 1.18. The SMILES string of the molecule is Cc1cc(N)cc(NCc2sccc2Br)c1. The number of benzene rings is 1. The van der Waals surface area contributed by atoms with Crippen molar-refractivity contribution in [2.45, 2.75) is 13.5 Å². The molecule has 0 spiro atoms. The second kappa shape index (κ2) is 4.89. The molecule has 0 unspecified atom stereocenters. The summed E-state index contributed by atoms with van der Waals surface area (Å²) in [5, 5.41) is 5.45. The molecule has 84 valence electrons. The smallest absolute Gasteiger partial charge is 0.0505 e. The molecule has 1 aromatic heterocycles. The van der Waals surface area contributed by atoms with Crippen molar-refractivity contribution < 1.29 is 0 Å². The predicted octanol–water partition coefficient (Wildman–Crippen LogP) is 4.01. The summed E-state index contributed by atoms with van der Waals surface area (Å²) in [6, 6.07) is 8.07. The van der Waals surface area contributed by atoms with Crippen molar-refractivity contribution in [1.29, 1.82) is 0 Å². The summed E-state index contributed by atoms with van der Waals surface area (Å²) in [6.45, 7) is 2.86. The van der Waals surface area contributed by atoms with E-state index in [9.17, 15) is 0 Å². The van der Waals surface area contributed by atoms with Crippen LogP contribution in [0.2, 0.25) is 0 Å². The minimum atomic E-state index is 0.799. The van der Waals surface area contributed by atoms with Crippen LogP contribution in [0.25, 0.3) is 0 Å². The Morgan fingerprint density at radius 2 is 2.19 bits per heavy atom. The second-order valence-electron chi connectivity index (χ2n) is 3.68. The molecule has 0 aliphatic carbocycles. The van der Waals surface area contributed by atoms with E-state index < -0.39 is 0 Å². The monoisotopic (exact) mass is 296 g/mol. The maximum absolute atomic E-state index is 5.79. The topological polar surface area (TPSA) is 38.0 Å². The number of hydrogen-bond acceptors (Lipinski definition) is 3. The van der Waals surface area contributed by atoms with Gasteiger partial charge in [-0.05, 0) is 58.1 Å². The number of thiophene rings is 1. The van der Waals surface area contributed by atoms with Crippen molar-refractivity contribution in [1.82, 2.24) is 0 Å². The van der Waals surface area contributed by atoms with Crippen molar-refractivity contribution >= 4 is 38.6 Å². The lowest BCUT2D eigenvalue weighted by Crippen LogP contribution is -1.99. The standard InChI is InChI=1S/C12H13BrN2S/c1-8-4-9(14)6-10(5-8)15-7-12-11(13)2-3-16-12/h2-6,15H,7,14H2,1H3. The molecule has 0 radical (unpaired) electrons. The third kappa shape index (κ3) is 2.77. The van der Waals surface area contributed by atoms with E-state index in [0.29, 0.717) is 0 Å². The van der Waals surface area contributed by atoms with E-state index >= 15 is 0 Å². The van der Waals surface area contributed by atoms with Gasteiger partial charge in [0.05, 0.1) is 6.54 Å². The highest BCUT2D eigenvalue weighted by atomic mass is 79.9. The Balaban J connectivity index is 2.07. The van der Waals surface area contributed by atoms with Crippen molar-refractivity contribution in [3.05, 3.63) is 44.6 Å². The maximum atomic E-state index is 5.79. The average Bonchev–Trinajstić information content (AvgIpc) is 2.59. The molecule has 0 fully saturated rings. The summed E-state index contributed by atoms with van der Waals surface area (Å²) in [4.78, 5) is 1.29. The minimum absolute atomic E-state index is 0.799. The Labute approximate surface area is 108 Å². The zero-order valence-electron chi connectivity index (χ0n) is 8.96. The molecule has 0 amide bonds. The zero-order chi connectivity index (χ0) is 11.5. The van der Waals surface area contributed by atoms with Crippen LogP contribution in [-0.2, 0) is 6.54 Å². The molecule has 0 aliphatic heterocycles. The Bertz CT molecular complexity index is 473. The first-order chi connectivity index (χ1) is 7.65. The van der Waals surface area contributed by atoms with Crippen molar-refractivity contribution in [2.75, 3.05) is 11.1 Å². The highest BCUT2D eigenvalue weighted by Gasteiger charge is 2.01. The van der Waals surface area contributed by atoms with Crippen LogP contribution in [0.4, 0.5) is 11.4 Å². The summed E-state index contributed by atoms with van der Waals surface area (Å²) < 4.78 is 1.16. The molecular weight excluding hydrogens is 284 g/mol. The number of nitrogen functional groups attached to an aromatic ring is 1. The molecule has 2 aromatic rings. The highest BCUT2D eigenvalue weighted by molar-refractivity contribution is 9.10. The van der Waals surface area contributed by atoms with Gasteiger partial charge in [-0.1, -0.05) is 0 Å². The van der Waals surface area contributed by atoms with Crippen molar-refractivity contribution in [2.24, 2.45) is 0 Å². The Morgan fingerprint density at radius 1 is 1.38 bits per heavy atom. The number of anilines is 2. The lowest BCUT2D eigenvalue weighted by Gasteiger charge is -2.07. The van der Waals surface area contributed by atoms with Crippen LogP contribution < -0.4 is 11.1 Å². The van der Waals surface area contributed by atoms with Crippen LogP contribution in [0.15, 0.2) is 34.1 Å². The molecule has 3 N–H and O–H groups in total. The first kappa shape index (κ1) is 11.5. The van der Waals surface area contributed by atoms with Gasteiger partial charge in [0.15, 0.2) is 0 Å². The molecule has 1 aromatic carbocycles. The van der Waals surface area contributed by atoms with Gasteiger partial charge >= 0.3 is 0 Å². The van der Waals surface area contributed by atoms with Gasteiger partial charge in [0.1, 0.15) is 0 Å². The van der Waals surface area contributed by atoms with Crippen LogP contribution >= 0.6 is 27.3 Å². The summed E-state index contributed by atoms with van der Waals surface area (Å²) in [7, 11) is 0. The number of hydrogen-bond donors (Lipinski definition) is 2. The third-order valence-electron chi connectivity index (χ3n) is 2.24. The molecule has 4 heteroatoms. The fourth-order valence-corrected chi connectivity index (χ4v) is 2.98. The van der Waals surface area contributed by atoms with Crippen LogP contribution in [0.3, 0.4) is 0 Å². The fourth-order valence-electron chi connectivity index (χ4n) is 1.55. The highest BCUT2D eigenvalue weighted by Crippen LogP contribution is 2.24. The summed E-state index contributed by atoms with van der Waals surface area (Å²) >= 11 is 5.25. The number of nitrogens with one attached hydrogen (secondary N) is 1. The molecule has 1 heterocycles. The van der Waals surface area contributed by atoms with Crippen LogP contribution in [0.5, 0.6) is 0 Å². The number of nitrogens with two attached hydrogens (primary N) is 1. The van der Waals surface area contributed by atoms with Gasteiger partial charge in [-0.3, -0.25) is 0 Å². The van der Waals surface area contributed by atoms with E-state index in [2.05, 4.69) is 38.8 Å². The van der Waals surface area contributed by atoms with Gasteiger partial charge in [0.25, 0.3) is 0 Å². The van der Waals surface area contributed by atoms with Crippen molar-refractivity contribution in [3.63, 3.8) is 0 Å². The third-order valence-corrected chi connectivity index (χ3v) is 4.17. The molecule has 0 saturated heterocycles. The number of aryl methyl sites for hydroxylation is 1. The van der Waals surface area contributed by atoms with Gasteiger partial charge in [-0.2, -0.15) is 0 Å². The first-order valence-corrected chi connectivity index (χ1v) is 6.65. The van der Waals surface area contributed by atoms with E-state index in [1.165, 1.54) is 10.4 Å². The molecule has 16 heavy (non-hydrogen) atoms. The van der Waals surface area contributed by atoms with E-state index in [0.717, 1.165) is 22.4 Å². The van der Waals surface area contributed by atoms with Gasteiger partial charge in [0.2, 0.25) is 0 Å². The van der Waals surface area contributed by atoms with E-state index in [1.54, 1.807) is 11.3 Å². The van der Waals surface area contributed by atoms with E-state index in [1.807, 2.05) is 19.1 Å². The van der Waals surface area contributed by atoms with Gasteiger partial charge in [-0.25, -0.2) is 0 Å². The van der Waals surface area contributed by atoms with Gasteiger partial charge in [0, 0.05) is 20.7 Å². The summed E-state index contributed by atoms with van der Waals surface area (Å²) in [5.41, 5.74) is 8.83. The fraction of sp³-hybridized carbons (Fsp3) is 0.167. The molecular formula is C12H13BrN2S. The normalized spacial score (nSPS) is 10.4. The molecule has 2 nitrogen and oxygen atoms in total. The molecule has 2 rings (SSSR count). The first-order valence-electron chi connectivity index (χ1n) is 4.98. The summed E-state index contributed by atoms with van der Waals surface area (Å²) in [6.07, 6.45) is 0. The molecule has 0 atom stereocenters. The Kier molecular flexibility index (Phi) is 3.51. The molecule has 0 saturated carbocycles. The number of rotatable bonds is 3. The second-order valence-corrected chi connectivity index (χ2v) is 5.53. The van der Waals surface area contributed by atoms with E-state index in [4.69, 9.17) is 5.73 Å². The number of halogens is 1. The Morgan fingerprint density at radius 3 is 2.81 bits per heavy atom. The van der Waals surface area contributed by atoms with Crippen LogP contribution in [0.1, 0.15) is 10.4 Å². The van der Waals surface area contributed by atoms with Gasteiger partial charge in [-0.15, -0.1) is 11.3 Å². The average molecular weight is 297 g/mol. The maximum Gasteiger partial charge on any atom is 0.0505 e. The quantitative estimate of drug-likeness (QED) is 0.840. The molecule has 0 aliphatic rings. The lowest BCUT2D eigenvalue weighted by atomic mass is 10.2.